The predicted octanol–water partition coefficient (Wildman–Crippen LogP) is 5.39. The minimum atomic E-state index is -0.473. The van der Waals surface area contributed by atoms with Crippen LogP contribution in [0.4, 0.5) is 0 Å². The molecule has 3 fully saturated rings. The van der Waals surface area contributed by atoms with Crippen LogP contribution in [-0.2, 0) is 19.1 Å². The zero-order valence-electron chi connectivity index (χ0n) is 18.6. The van der Waals surface area contributed by atoms with Gasteiger partial charge in [0.2, 0.25) is 0 Å². The largest absolute Gasteiger partial charge is 0.463 e. The maximum absolute atomic E-state index is 13.1. The van der Waals surface area contributed by atoms with Gasteiger partial charge >= 0.3 is 11.9 Å². The molecule has 0 amide bonds. The van der Waals surface area contributed by atoms with Crippen molar-refractivity contribution in [3.05, 3.63) is 0 Å². The first-order valence-electron chi connectivity index (χ1n) is 11.5. The van der Waals surface area contributed by atoms with Crippen LogP contribution in [0, 0.1) is 40.4 Å². The molecule has 0 saturated heterocycles. The lowest BCUT2D eigenvalue weighted by Crippen LogP contribution is -2.56. The van der Waals surface area contributed by atoms with Crippen LogP contribution in [-0.4, -0.2) is 25.2 Å². The number of carbonyl (C=O) groups is 2. The fourth-order valence-electron chi connectivity index (χ4n) is 7.21. The number of rotatable bonds is 5. The molecule has 0 N–H and O–H groups in total. The highest BCUT2D eigenvalue weighted by Gasteiger charge is 2.59. The summed E-state index contributed by atoms with van der Waals surface area (Å²) in [5.41, 5.74) is -0.250. The summed E-state index contributed by atoms with van der Waals surface area (Å²) in [5, 5.41) is 0. The molecule has 3 rings (SSSR count). The highest BCUT2D eigenvalue weighted by Crippen LogP contribution is 2.64. The average molecular weight is 393 g/mol. The van der Waals surface area contributed by atoms with Gasteiger partial charge in [-0.05, 0) is 93.8 Å². The van der Waals surface area contributed by atoms with Crippen LogP contribution in [0.2, 0.25) is 0 Å². The Morgan fingerprint density at radius 3 is 2.46 bits per heavy atom. The summed E-state index contributed by atoms with van der Waals surface area (Å²) in [4.78, 5) is 24.8. The van der Waals surface area contributed by atoms with Gasteiger partial charge in [-0.1, -0.05) is 27.2 Å². The fourth-order valence-corrected chi connectivity index (χ4v) is 7.21. The van der Waals surface area contributed by atoms with Crippen LogP contribution >= 0.6 is 0 Å². The number of hydrogen-bond donors (Lipinski definition) is 0. The number of fused-ring (bicyclic) bond motifs is 3. The first kappa shape index (κ1) is 21.6. The molecular formula is C24H40O4. The molecule has 3 saturated carbocycles. The summed E-state index contributed by atoms with van der Waals surface area (Å²) >= 11 is 0. The predicted molar refractivity (Wildman–Crippen MR) is 110 cm³/mol. The Morgan fingerprint density at radius 1 is 1.04 bits per heavy atom. The quantitative estimate of drug-likeness (QED) is 0.589. The molecule has 0 spiro atoms. The van der Waals surface area contributed by atoms with E-state index in [0.717, 1.165) is 42.9 Å². The number of ether oxygens (including phenoxy) is 2. The lowest BCUT2D eigenvalue weighted by atomic mass is 9.43. The molecule has 0 aromatic heterocycles. The highest BCUT2D eigenvalue weighted by atomic mass is 16.6. The second-order valence-electron chi connectivity index (χ2n) is 10.5. The topological polar surface area (TPSA) is 52.6 Å². The molecule has 3 unspecified atom stereocenters. The zero-order valence-corrected chi connectivity index (χ0v) is 18.6. The summed E-state index contributed by atoms with van der Waals surface area (Å²) in [7, 11) is 0. The molecule has 3 aliphatic carbocycles. The van der Waals surface area contributed by atoms with Crippen molar-refractivity contribution in [1.82, 2.24) is 0 Å². The van der Waals surface area contributed by atoms with Gasteiger partial charge in [0.15, 0.2) is 6.61 Å². The summed E-state index contributed by atoms with van der Waals surface area (Å²) in [6, 6.07) is 0. The van der Waals surface area contributed by atoms with E-state index in [4.69, 9.17) is 9.47 Å². The SMILES string of the molecule is CCOC(=O)COC(=O)[C@@]1(C)CCC[C@@]2(C)C1CCC1CC(C(C)C)CC[C@H]12. The van der Waals surface area contributed by atoms with Crippen molar-refractivity contribution < 1.29 is 19.1 Å². The highest BCUT2D eigenvalue weighted by molar-refractivity contribution is 5.80. The van der Waals surface area contributed by atoms with Gasteiger partial charge in [0.25, 0.3) is 0 Å². The second kappa shape index (κ2) is 8.36. The van der Waals surface area contributed by atoms with Crippen molar-refractivity contribution in [2.24, 2.45) is 40.4 Å². The van der Waals surface area contributed by atoms with Gasteiger partial charge in [-0.15, -0.1) is 0 Å². The summed E-state index contributed by atoms with van der Waals surface area (Å²) in [5.74, 6) is 2.92. The standard InChI is InChI=1S/C24H40O4/c1-6-27-21(25)15-28-22(26)24(5)13-7-12-23(4)19-10-8-17(16(2)3)14-18(19)9-11-20(23)24/h16-20H,6-15H2,1-5H3/t17?,18?,19-,20?,23-,24+/m1/s1. The third-order valence-electron chi connectivity index (χ3n) is 8.71. The molecular weight excluding hydrogens is 352 g/mol. The van der Waals surface area contributed by atoms with Gasteiger partial charge in [-0.25, -0.2) is 4.79 Å². The minimum Gasteiger partial charge on any atom is -0.463 e. The second-order valence-corrected chi connectivity index (χ2v) is 10.5. The van der Waals surface area contributed by atoms with Crippen molar-refractivity contribution in [1.29, 1.82) is 0 Å². The van der Waals surface area contributed by atoms with Crippen molar-refractivity contribution in [2.75, 3.05) is 13.2 Å². The number of hydrogen-bond acceptors (Lipinski definition) is 4. The molecule has 6 atom stereocenters. The number of carbonyl (C=O) groups excluding carboxylic acids is 2. The minimum absolute atomic E-state index is 0.189. The summed E-state index contributed by atoms with van der Waals surface area (Å²) in [6.45, 7) is 11.1. The van der Waals surface area contributed by atoms with E-state index in [-0.39, 0.29) is 18.0 Å². The molecule has 160 valence electrons. The molecule has 0 bridgehead atoms. The van der Waals surface area contributed by atoms with Crippen molar-refractivity contribution >= 4 is 11.9 Å². The van der Waals surface area contributed by atoms with Gasteiger partial charge < -0.3 is 9.47 Å². The molecule has 0 aromatic carbocycles. The maximum atomic E-state index is 13.1. The monoisotopic (exact) mass is 392 g/mol. The van der Waals surface area contributed by atoms with Gasteiger partial charge in [0, 0.05) is 0 Å². The van der Waals surface area contributed by atoms with E-state index >= 15 is 0 Å². The van der Waals surface area contributed by atoms with Crippen LogP contribution in [0.5, 0.6) is 0 Å². The summed E-state index contributed by atoms with van der Waals surface area (Å²) < 4.78 is 10.4. The Labute approximate surface area is 171 Å². The van der Waals surface area contributed by atoms with Crippen LogP contribution in [0.3, 0.4) is 0 Å². The van der Waals surface area contributed by atoms with E-state index in [0.29, 0.717) is 12.5 Å². The van der Waals surface area contributed by atoms with E-state index in [1.807, 2.05) is 0 Å². The van der Waals surface area contributed by atoms with E-state index < -0.39 is 11.4 Å². The molecule has 4 nitrogen and oxygen atoms in total. The third-order valence-corrected chi connectivity index (χ3v) is 8.71. The maximum Gasteiger partial charge on any atom is 0.344 e. The first-order valence-corrected chi connectivity index (χ1v) is 11.5. The van der Waals surface area contributed by atoms with E-state index in [9.17, 15) is 9.59 Å². The van der Waals surface area contributed by atoms with E-state index in [1.54, 1.807) is 6.92 Å². The fraction of sp³-hybridized carbons (Fsp3) is 0.917. The Morgan fingerprint density at radius 2 is 1.79 bits per heavy atom. The molecule has 3 aliphatic rings. The van der Waals surface area contributed by atoms with E-state index in [2.05, 4.69) is 27.7 Å². The lowest BCUT2D eigenvalue weighted by molar-refractivity contribution is -0.183. The van der Waals surface area contributed by atoms with Crippen molar-refractivity contribution in [3.63, 3.8) is 0 Å². The van der Waals surface area contributed by atoms with E-state index in [1.165, 1.54) is 32.1 Å². The Balaban J connectivity index is 1.74. The Bertz CT molecular complexity index is 585. The molecule has 0 aromatic rings. The normalized spacial score (nSPS) is 40.4. The first-order chi connectivity index (χ1) is 13.2. The molecule has 0 heterocycles. The van der Waals surface area contributed by atoms with Crippen molar-refractivity contribution in [2.45, 2.75) is 86.0 Å². The van der Waals surface area contributed by atoms with Gasteiger partial charge in [0.1, 0.15) is 0 Å². The van der Waals surface area contributed by atoms with Crippen molar-refractivity contribution in [3.8, 4) is 0 Å². The zero-order chi connectivity index (χ0) is 20.5. The Hall–Kier alpha value is -1.06. The van der Waals surface area contributed by atoms with Crippen LogP contribution < -0.4 is 0 Å². The smallest absolute Gasteiger partial charge is 0.344 e. The molecule has 0 aliphatic heterocycles. The summed E-state index contributed by atoms with van der Waals surface area (Å²) in [6.07, 6.45) is 9.57. The Kier molecular flexibility index (Phi) is 6.46. The molecule has 0 radical (unpaired) electrons. The molecule has 28 heavy (non-hydrogen) atoms. The van der Waals surface area contributed by atoms with Gasteiger partial charge in [-0.2, -0.15) is 0 Å². The average Bonchev–Trinajstić information content (AvgIpc) is 2.65. The van der Waals surface area contributed by atoms with Crippen LogP contribution in [0.15, 0.2) is 0 Å². The third kappa shape index (κ3) is 3.85. The number of esters is 2. The lowest BCUT2D eigenvalue weighted by Gasteiger charge is -2.61. The van der Waals surface area contributed by atoms with Crippen LogP contribution in [0.25, 0.3) is 0 Å². The van der Waals surface area contributed by atoms with Crippen LogP contribution in [0.1, 0.15) is 86.0 Å². The van der Waals surface area contributed by atoms with Gasteiger partial charge in [0.05, 0.1) is 12.0 Å². The molecule has 4 heteroatoms. The van der Waals surface area contributed by atoms with Gasteiger partial charge in [-0.3, -0.25) is 4.79 Å².